The van der Waals surface area contributed by atoms with Crippen molar-refractivity contribution < 1.29 is 14.6 Å². The number of aromatic nitrogens is 1. The lowest BCUT2D eigenvalue weighted by atomic mass is 10.3. The van der Waals surface area contributed by atoms with Crippen LogP contribution in [0.5, 0.6) is 5.75 Å². The average Bonchev–Trinajstić information content (AvgIpc) is 2.25. The van der Waals surface area contributed by atoms with E-state index in [1.54, 1.807) is 23.9 Å². The van der Waals surface area contributed by atoms with Gasteiger partial charge in [-0.05, 0) is 17.9 Å². The summed E-state index contributed by atoms with van der Waals surface area (Å²) in [5.74, 6) is 1.16. The maximum atomic E-state index is 10.8. The number of carboxylic acid groups (broad SMARTS) is 1. The first kappa shape index (κ1) is 11.8. The average molecular weight is 227 g/mol. The SMILES string of the molecule is CCSCCOc1cccnc1C(=O)O. The zero-order valence-electron chi connectivity index (χ0n) is 8.47. The van der Waals surface area contributed by atoms with Crippen molar-refractivity contribution in [3.05, 3.63) is 24.0 Å². The van der Waals surface area contributed by atoms with Crippen LogP contribution in [0.25, 0.3) is 0 Å². The Hall–Kier alpha value is -1.23. The molecule has 0 aliphatic rings. The van der Waals surface area contributed by atoms with E-state index in [2.05, 4.69) is 11.9 Å². The van der Waals surface area contributed by atoms with E-state index >= 15 is 0 Å². The predicted octanol–water partition coefficient (Wildman–Crippen LogP) is 1.91. The number of nitrogens with zero attached hydrogens (tertiary/aromatic N) is 1. The molecule has 4 nitrogen and oxygen atoms in total. The molecule has 1 aromatic heterocycles. The van der Waals surface area contributed by atoms with Gasteiger partial charge in [0.25, 0.3) is 0 Å². The number of carbonyl (C=O) groups is 1. The predicted molar refractivity (Wildman–Crippen MR) is 59.7 cm³/mol. The first-order valence-electron chi connectivity index (χ1n) is 4.64. The molecular formula is C10H13NO3S. The quantitative estimate of drug-likeness (QED) is 0.752. The Morgan fingerprint density at radius 3 is 3.13 bits per heavy atom. The fourth-order valence-electron chi connectivity index (χ4n) is 1.02. The van der Waals surface area contributed by atoms with Gasteiger partial charge >= 0.3 is 5.97 Å². The van der Waals surface area contributed by atoms with E-state index in [1.807, 2.05) is 0 Å². The van der Waals surface area contributed by atoms with Gasteiger partial charge in [0, 0.05) is 11.9 Å². The largest absolute Gasteiger partial charge is 0.490 e. The zero-order chi connectivity index (χ0) is 11.1. The van der Waals surface area contributed by atoms with Gasteiger partial charge in [-0.3, -0.25) is 0 Å². The second-order valence-electron chi connectivity index (χ2n) is 2.70. The first-order valence-corrected chi connectivity index (χ1v) is 5.80. The molecule has 0 aliphatic carbocycles. The molecule has 0 spiro atoms. The highest BCUT2D eigenvalue weighted by atomic mass is 32.2. The van der Waals surface area contributed by atoms with E-state index in [9.17, 15) is 4.79 Å². The molecule has 15 heavy (non-hydrogen) atoms. The Morgan fingerprint density at radius 2 is 2.47 bits per heavy atom. The third-order valence-electron chi connectivity index (χ3n) is 1.66. The van der Waals surface area contributed by atoms with Crippen molar-refractivity contribution in [1.29, 1.82) is 0 Å². The minimum Gasteiger partial charge on any atom is -0.490 e. The van der Waals surface area contributed by atoms with Crippen LogP contribution in [-0.4, -0.2) is 34.2 Å². The summed E-state index contributed by atoms with van der Waals surface area (Å²) in [6.07, 6.45) is 1.44. The number of aromatic carboxylic acids is 1. The normalized spacial score (nSPS) is 9.93. The lowest BCUT2D eigenvalue weighted by molar-refractivity contribution is 0.0685. The number of hydrogen-bond donors (Lipinski definition) is 1. The van der Waals surface area contributed by atoms with Gasteiger partial charge in [0.05, 0.1) is 6.61 Å². The zero-order valence-corrected chi connectivity index (χ0v) is 9.29. The molecule has 5 heteroatoms. The van der Waals surface area contributed by atoms with Crippen molar-refractivity contribution in [3.8, 4) is 5.75 Å². The standard InChI is InChI=1S/C10H13NO3S/c1-2-15-7-6-14-8-4-3-5-11-9(8)10(12)13/h3-5H,2,6-7H2,1H3,(H,12,13). The fraction of sp³-hybridized carbons (Fsp3) is 0.400. The minimum atomic E-state index is -1.06. The number of rotatable bonds is 6. The Labute approximate surface area is 92.7 Å². The van der Waals surface area contributed by atoms with Crippen LogP contribution in [0.15, 0.2) is 18.3 Å². The maximum Gasteiger partial charge on any atom is 0.358 e. The Morgan fingerprint density at radius 1 is 1.67 bits per heavy atom. The fourth-order valence-corrected chi connectivity index (χ4v) is 1.51. The summed E-state index contributed by atoms with van der Waals surface area (Å²) in [5, 5.41) is 8.82. The van der Waals surface area contributed by atoms with Gasteiger partial charge in [0.2, 0.25) is 0 Å². The van der Waals surface area contributed by atoms with Crippen LogP contribution in [0.4, 0.5) is 0 Å². The minimum absolute atomic E-state index is 0.0287. The summed E-state index contributed by atoms with van der Waals surface area (Å²) >= 11 is 1.75. The van der Waals surface area contributed by atoms with Crippen LogP contribution >= 0.6 is 11.8 Å². The Balaban J connectivity index is 2.56. The van der Waals surface area contributed by atoms with Crippen molar-refractivity contribution in [2.24, 2.45) is 0 Å². The van der Waals surface area contributed by atoms with E-state index in [0.717, 1.165) is 11.5 Å². The molecule has 1 rings (SSSR count). The number of hydrogen-bond acceptors (Lipinski definition) is 4. The lowest BCUT2D eigenvalue weighted by Gasteiger charge is -2.07. The van der Waals surface area contributed by atoms with Gasteiger partial charge in [-0.15, -0.1) is 0 Å². The van der Waals surface area contributed by atoms with E-state index in [-0.39, 0.29) is 5.69 Å². The Kier molecular flexibility index (Phi) is 4.97. The molecule has 1 heterocycles. The molecule has 0 radical (unpaired) electrons. The molecule has 82 valence electrons. The van der Waals surface area contributed by atoms with E-state index in [1.165, 1.54) is 6.20 Å². The number of pyridine rings is 1. The highest BCUT2D eigenvalue weighted by molar-refractivity contribution is 7.99. The number of ether oxygens (including phenoxy) is 1. The Bertz CT molecular complexity index is 330. The van der Waals surface area contributed by atoms with Gasteiger partial charge in [0.1, 0.15) is 0 Å². The second-order valence-corrected chi connectivity index (χ2v) is 4.09. The van der Waals surface area contributed by atoms with Crippen molar-refractivity contribution in [2.45, 2.75) is 6.92 Å². The summed E-state index contributed by atoms with van der Waals surface area (Å²) in [5.41, 5.74) is -0.0287. The van der Waals surface area contributed by atoms with Crippen LogP contribution in [0.3, 0.4) is 0 Å². The van der Waals surface area contributed by atoms with Crippen LogP contribution < -0.4 is 4.74 Å². The van der Waals surface area contributed by atoms with Crippen LogP contribution in [-0.2, 0) is 0 Å². The summed E-state index contributed by atoms with van der Waals surface area (Å²) in [6.45, 7) is 2.57. The van der Waals surface area contributed by atoms with Gasteiger partial charge in [0.15, 0.2) is 11.4 Å². The third-order valence-corrected chi connectivity index (χ3v) is 2.53. The molecule has 0 atom stereocenters. The molecule has 0 saturated heterocycles. The highest BCUT2D eigenvalue weighted by Crippen LogP contribution is 2.15. The van der Waals surface area contributed by atoms with Gasteiger partial charge in [-0.25, -0.2) is 9.78 Å². The second kappa shape index (κ2) is 6.29. The van der Waals surface area contributed by atoms with Crippen LogP contribution in [0.1, 0.15) is 17.4 Å². The molecule has 1 aromatic rings. The smallest absolute Gasteiger partial charge is 0.358 e. The molecule has 0 aromatic carbocycles. The van der Waals surface area contributed by atoms with E-state index < -0.39 is 5.97 Å². The van der Waals surface area contributed by atoms with Crippen LogP contribution in [0, 0.1) is 0 Å². The summed E-state index contributed by atoms with van der Waals surface area (Å²) in [7, 11) is 0. The first-order chi connectivity index (χ1) is 7.25. The summed E-state index contributed by atoms with van der Waals surface area (Å²) < 4.78 is 5.34. The summed E-state index contributed by atoms with van der Waals surface area (Å²) in [6, 6.07) is 3.28. The monoisotopic (exact) mass is 227 g/mol. The highest BCUT2D eigenvalue weighted by Gasteiger charge is 2.11. The maximum absolute atomic E-state index is 10.8. The van der Waals surface area contributed by atoms with Gasteiger partial charge in [-0.2, -0.15) is 11.8 Å². The van der Waals surface area contributed by atoms with Crippen molar-refractivity contribution >= 4 is 17.7 Å². The number of carboxylic acids is 1. The topological polar surface area (TPSA) is 59.4 Å². The third kappa shape index (κ3) is 3.79. The molecule has 1 N–H and O–H groups in total. The van der Waals surface area contributed by atoms with Crippen molar-refractivity contribution in [2.75, 3.05) is 18.1 Å². The summed E-state index contributed by atoms with van der Waals surface area (Å²) in [4.78, 5) is 14.5. The van der Waals surface area contributed by atoms with E-state index in [0.29, 0.717) is 12.4 Å². The van der Waals surface area contributed by atoms with Crippen molar-refractivity contribution in [1.82, 2.24) is 4.98 Å². The van der Waals surface area contributed by atoms with Gasteiger partial charge < -0.3 is 9.84 Å². The lowest BCUT2D eigenvalue weighted by Crippen LogP contribution is -2.07. The molecule has 0 amide bonds. The molecular weight excluding hydrogens is 214 g/mol. The molecule has 0 aliphatic heterocycles. The van der Waals surface area contributed by atoms with Crippen LogP contribution in [0.2, 0.25) is 0 Å². The molecule has 0 fully saturated rings. The molecule has 0 bridgehead atoms. The number of thioether (sulfide) groups is 1. The van der Waals surface area contributed by atoms with Gasteiger partial charge in [-0.1, -0.05) is 6.92 Å². The van der Waals surface area contributed by atoms with Crippen molar-refractivity contribution in [3.63, 3.8) is 0 Å². The molecule has 0 saturated carbocycles. The van der Waals surface area contributed by atoms with E-state index in [4.69, 9.17) is 9.84 Å². The molecule has 0 unspecified atom stereocenters.